The maximum atomic E-state index is 13.3. The van der Waals surface area contributed by atoms with Crippen LogP contribution in [0.4, 0.5) is 0 Å². The topological polar surface area (TPSA) is 51.3 Å². The van der Waals surface area contributed by atoms with Crippen LogP contribution in [-0.4, -0.2) is 55.9 Å². The number of carbonyl (C=O) groups is 1. The van der Waals surface area contributed by atoms with Crippen LogP contribution in [0.1, 0.15) is 17.7 Å². The smallest absolute Gasteiger partial charge is 0.320 e. The van der Waals surface area contributed by atoms with E-state index >= 15 is 0 Å². The van der Waals surface area contributed by atoms with Crippen molar-refractivity contribution in [3.05, 3.63) is 47.2 Å². The third kappa shape index (κ3) is 2.01. The number of esters is 1. The summed E-state index contributed by atoms with van der Waals surface area (Å²) in [5, 5.41) is 1.22. The van der Waals surface area contributed by atoms with Crippen LogP contribution in [0.25, 0.3) is 10.9 Å². The molecule has 0 radical (unpaired) electrons. The number of hydrogen-bond donors (Lipinski definition) is 1. The number of aromatic nitrogens is 1. The van der Waals surface area contributed by atoms with E-state index in [0.29, 0.717) is 13.2 Å². The third-order valence-corrected chi connectivity index (χ3v) is 6.71. The molecule has 0 aliphatic carbocycles. The Kier molecular flexibility index (Phi) is 3.37. The molecule has 6 rings (SSSR count). The first-order valence-electron chi connectivity index (χ1n) is 9.36. The lowest BCUT2D eigenvalue weighted by Crippen LogP contribution is -2.59. The molecule has 1 N–H and O–H groups in total. The summed E-state index contributed by atoms with van der Waals surface area (Å²) in [6.07, 6.45) is 3.19. The van der Waals surface area contributed by atoms with Gasteiger partial charge < -0.3 is 18.9 Å². The molecule has 5 heteroatoms. The number of para-hydroxylation sites is 1. The minimum Gasteiger partial charge on any atom is -0.468 e. The molecule has 0 saturated carbocycles. The number of H-pyrrole nitrogens is 1. The Hall–Kier alpha value is -2.11. The van der Waals surface area contributed by atoms with Gasteiger partial charge in [0.15, 0.2) is 0 Å². The Morgan fingerprint density at radius 2 is 2.19 bits per heavy atom. The Bertz CT molecular complexity index is 930. The first-order chi connectivity index (χ1) is 12.6. The van der Waals surface area contributed by atoms with Gasteiger partial charge in [-0.2, -0.15) is 0 Å². The average Bonchev–Trinajstić information content (AvgIpc) is 2.87. The van der Waals surface area contributed by atoms with Crippen LogP contribution >= 0.6 is 0 Å². The van der Waals surface area contributed by atoms with Gasteiger partial charge in [-0.3, -0.25) is 4.79 Å². The van der Waals surface area contributed by atoms with E-state index in [1.54, 1.807) is 0 Å². The summed E-state index contributed by atoms with van der Waals surface area (Å²) in [6, 6.07) is 8.36. The molecule has 5 nitrogen and oxygen atoms in total. The highest BCUT2D eigenvalue weighted by Crippen LogP contribution is 2.50. The summed E-state index contributed by atoms with van der Waals surface area (Å²) in [6.45, 7) is 3.90. The van der Waals surface area contributed by atoms with Crippen LogP contribution in [0.2, 0.25) is 0 Å². The number of ether oxygens (including phenoxy) is 2. The summed E-state index contributed by atoms with van der Waals surface area (Å²) in [7, 11) is 3.83. The lowest BCUT2D eigenvalue weighted by atomic mass is 9.64. The summed E-state index contributed by atoms with van der Waals surface area (Å²) < 4.78 is 12.3. The van der Waals surface area contributed by atoms with Crippen molar-refractivity contribution in [1.82, 2.24) is 4.98 Å². The molecular weight excluding hydrogens is 328 g/mol. The van der Waals surface area contributed by atoms with Gasteiger partial charge >= 0.3 is 5.97 Å². The highest BCUT2D eigenvalue weighted by molar-refractivity contribution is 5.91. The first-order valence-corrected chi connectivity index (χ1v) is 9.36. The minimum absolute atomic E-state index is 0.135. The van der Waals surface area contributed by atoms with E-state index < -0.39 is 5.41 Å². The van der Waals surface area contributed by atoms with Crippen LogP contribution in [0.15, 0.2) is 35.9 Å². The van der Waals surface area contributed by atoms with Gasteiger partial charge in [0.2, 0.25) is 0 Å². The van der Waals surface area contributed by atoms with E-state index in [1.165, 1.54) is 23.6 Å². The zero-order chi connectivity index (χ0) is 17.9. The first kappa shape index (κ1) is 16.1. The number of carbonyl (C=O) groups excluding carboxylic acids is 1. The molecule has 4 bridgehead atoms. The SMILES string of the molecule is COC(=O)[C@@]12COCC=C3C[N+](C)(CC[C@@H]31)Cc1c2[nH]c2ccccc12. The molecule has 4 aliphatic heterocycles. The number of aromatic amines is 1. The predicted octanol–water partition coefficient (Wildman–Crippen LogP) is 2.52. The van der Waals surface area contributed by atoms with Gasteiger partial charge in [0.1, 0.15) is 18.5 Å². The van der Waals surface area contributed by atoms with E-state index in [1.807, 2.05) is 6.07 Å². The second-order valence-electron chi connectivity index (χ2n) is 8.28. The van der Waals surface area contributed by atoms with Gasteiger partial charge in [-0.15, -0.1) is 0 Å². The van der Waals surface area contributed by atoms with Gasteiger partial charge in [0, 0.05) is 34.5 Å². The second kappa shape index (κ2) is 5.44. The summed E-state index contributed by atoms with van der Waals surface area (Å²) in [4.78, 5) is 16.9. The molecule has 1 saturated heterocycles. The summed E-state index contributed by atoms with van der Waals surface area (Å²) >= 11 is 0. The van der Waals surface area contributed by atoms with Gasteiger partial charge in [-0.1, -0.05) is 24.3 Å². The van der Waals surface area contributed by atoms with E-state index in [4.69, 9.17) is 9.47 Å². The standard InChI is InChI=1S/C21H25N2O3/c1-23-9-7-17-14(11-23)8-10-26-13-21(17,20(24)25-2)19-16(12-23)15-5-3-4-6-18(15)22-19/h3-6,8,17,22H,7,9-13H2,1-2H3/q+1/t17-,21-,23?/m0/s1. The van der Waals surface area contributed by atoms with Crippen molar-refractivity contribution in [3.8, 4) is 0 Å². The van der Waals surface area contributed by atoms with Crippen molar-refractivity contribution >= 4 is 16.9 Å². The maximum absolute atomic E-state index is 13.3. The molecule has 4 aliphatic rings. The number of likely N-dealkylation sites (N-methyl/N-ethyl adjacent to an activating group) is 1. The van der Waals surface area contributed by atoms with Crippen molar-refractivity contribution in [2.45, 2.75) is 18.4 Å². The number of rotatable bonds is 1. The number of hydrogen-bond acceptors (Lipinski definition) is 3. The van der Waals surface area contributed by atoms with Crippen molar-refractivity contribution in [2.24, 2.45) is 5.92 Å². The van der Waals surface area contributed by atoms with Crippen molar-refractivity contribution < 1.29 is 18.8 Å². The maximum Gasteiger partial charge on any atom is 0.320 e. The number of nitrogens with one attached hydrogen (secondary N) is 1. The molecule has 1 aromatic heterocycles. The quantitative estimate of drug-likeness (QED) is 0.487. The second-order valence-corrected chi connectivity index (χ2v) is 8.28. The van der Waals surface area contributed by atoms with Gasteiger partial charge in [-0.25, -0.2) is 0 Å². The van der Waals surface area contributed by atoms with E-state index in [2.05, 4.69) is 36.3 Å². The van der Waals surface area contributed by atoms with Crippen LogP contribution < -0.4 is 0 Å². The number of fused-ring (bicyclic) bond motifs is 2. The number of nitrogens with zero attached hydrogens (tertiary/aromatic N) is 1. The van der Waals surface area contributed by atoms with Crippen LogP contribution in [-0.2, 0) is 26.2 Å². The zero-order valence-corrected chi connectivity index (χ0v) is 15.4. The van der Waals surface area contributed by atoms with E-state index in [9.17, 15) is 4.79 Å². The Morgan fingerprint density at radius 1 is 1.35 bits per heavy atom. The van der Waals surface area contributed by atoms with Crippen LogP contribution in [0.5, 0.6) is 0 Å². The molecule has 1 unspecified atom stereocenters. The van der Waals surface area contributed by atoms with E-state index in [0.717, 1.165) is 41.7 Å². The summed E-state index contributed by atoms with van der Waals surface area (Å²) in [5.41, 5.74) is 3.92. The van der Waals surface area contributed by atoms with E-state index in [-0.39, 0.29) is 11.9 Å². The zero-order valence-electron chi connectivity index (χ0n) is 15.4. The molecule has 26 heavy (non-hydrogen) atoms. The third-order valence-electron chi connectivity index (χ3n) is 6.71. The number of quaternary nitrogens is 1. The molecule has 0 spiro atoms. The molecule has 136 valence electrons. The lowest BCUT2D eigenvalue weighted by Gasteiger charge is -2.49. The van der Waals surface area contributed by atoms with Gasteiger partial charge in [-0.05, 0) is 11.6 Å². The van der Waals surface area contributed by atoms with Crippen LogP contribution in [0, 0.1) is 5.92 Å². The fourth-order valence-corrected chi connectivity index (χ4v) is 5.51. The van der Waals surface area contributed by atoms with Crippen molar-refractivity contribution in [2.75, 3.05) is 40.5 Å². The molecule has 2 aromatic rings. The van der Waals surface area contributed by atoms with Gasteiger partial charge in [0.05, 0.1) is 33.9 Å². The van der Waals surface area contributed by atoms with Gasteiger partial charge in [0.25, 0.3) is 0 Å². The molecular formula is C21H25N2O3+. The lowest BCUT2D eigenvalue weighted by molar-refractivity contribution is -0.922. The molecule has 3 atom stereocenters. The Balaban J connectivity index is 1.88. The highest BCUT2D eigenvalue weighted by Gasteiger charge is 2.58. The minimum atomic E-state index is -0.781. The van der Waals surface area contributed by atoms with Crippen LogP contribution in [0.3, 0.4) is 0 Å². The molecule has 0 amide bonds. The molecule has 1 aromatic carbocycles. The highest BCUT2D eigenvalue weighted by atomic mass is 16.5. The monoisotopic (exact) mass is 353 g/mol. The largest absolute Gasteiger partial charge is 0.468 e. The normalized spacial score (nSPS) is 33.0. The summed E-state index contributed by atoms with van der Waals surface area (Å²) in [5.74, 6) is -0.0446. The Morgan fingerprint density at radius 3 is 3.04 bits per heavy atom. The molecule has 5 heterocycles. The number of benzene rings is 1. The van der Waals surface area contributed by atoms with Crippen molar-refractivity contribution in [1.29, 1.82) is 0 Å². The molecule has 1 fully saturated rings. The number of methoxy groups -OCH3 is 1. The average molecular weight is 353 g/mol. The van der Waals surface area contributed by atoms with Crippen molar-refractivity contribution in [3.63, 3.8) is 0 Å². The number of piperidine rings is 1. The fraction of sp³-hybridized carbons (Fsp3) is 0.476. The Labute approximate surface area is 153 Å². The fourth-order valence-electron chi connectivity index (χ4n) is 5.51. The predicted molar refractivity (Wildman–Crippen MR) is 98.6 cm³/mol.